The van der Waals surface area contributed by atoms with E-state index in [1.165, 1.54) is 6.07 Å². The summed E-state index contributed by atoms with van der Waals surface area (Å²) in [7, 11) is 1.60. The van der Waals surface area contributed by atoms with E-state index in [0.29, 0.717) is 12.0 Å². The molecule has 1 aromatic carbocycles. The van der Waals surface area contributed by atoms with Gasteiger partial charge in [-0.3, -0.25) is 0 Å². The maximum atomic E-state index is 13.1. The van der Waals surface area contributed by atoms with E-state index in [1.54, 1.807) is 13.2 Å². The third kappa shape index (κ3) is 1.58. The summed E-state index contributed by atoms with van der Waals surface area (Å²) < 4.78 is 18.2. The lowest BCUT2D eigenvalue weighted by Gasteiger charge is -2.07. The molecule has 0 N–H and O–H groups in total. The number of aryl methyl sites for hydroxylation is 2. The zero-order valence-electron chi connectivity index (χ0n) is 7.65. The number of hydrogen-bond donors (Lipinski definition) is 0. The fraction of sp³-hybridized carbons (Fsp3) is 0.400. The lowest BCUT2D eigenvalue weighted by atomic mass is 10.1. The quantitative estimate of drug-likeness (QED) is 0.658. The van der Waals surface area contributed by atoms with Gasteiger partial charge in [0.05, 0.1) is 7.11 Å². The molecule has 66 valence electrons. The molecule has 0 saturated carbocycles. The van der Waals surface area contributed by atoms with Crippen molar-refractivity contribution in [2.24, 2.45) is 0 Å². The highest BCUT2D eigenvalue weighted by atomic mass is 18.2. The lowest BCUT2D eigenvalue weighted by molar-refractivity contribution is 0.409. The smallest absolute Gasteiger partial charge is 0.126 e. The van der Waals surface area contributed by atoms with Crippen LogP contribution in [0.1, 0.15) is 18.1 Å². The van der Waals surface area contributed by atoms with E-state index < -0.39 is 0 Å². The highest BCUT2D eigenvalue weighted by Crippen LogP contribution is 2.21. The van der Waals surface area contributed by atoms with Gasteiger partial charge in [-0.1, -0.05) is 6.92 Å². The van der Waals surface area contributed by atoms with Crippen LogP contribution in [-0.2, 0) is 6.42 Å². The Morgan fingerprint density at radius 2 is 2.08 bits per heavy atom. The number of rotatable bonds is 2. The van der Waals surface area contributed by atoms with Gasteiger partial charge in [0, 0.05) is 0 Å². The molecule has 0 aliphatic rings. The maximum absolute atomic E-state index is 13.1. The number of methoxy groups -OCH3 is 1. The van der Waals surface area contributed by atoms with Gasteiger partial charge in [-0.15, -0.1) is 0 Å². The van der Waals surface area contributed by atoms with Crippen LogP contribution < -0.4 is 4.74 Å². The molecule has 0 bridgehead atoms. The van der Waals surface area contributed by atoms with Crippen LogP contribution in [0.2, 0.25) is 0 Å². The first-order valence-electron chi connectivity index (χ1n) is 4.02. The minimum atomic E-state index is -0.143. The van der Waals surface area contributed by atoms with Crippen LogP contribution in [0.3, 0.4) is 0 Å². The second-order valence-corrected chi connectivity index (χ2v) is 2.77. The van der Waals surface area contributed by atoms with Crippen molar-refractivity contribution in [1.82, 2.24) is 0 Å². The summed E-state index contributed by atoms with van der Waals surface area (Å²) in [4.78, 5) is 0. The molecule has 0 saturated heterocycles. The van der Waals surface area contributed by atoms with Crippen molar-refractivity contribution in [1.29, 1.82) is 0 Å². The topological polar surface area (TPSA) is 9.23 Å². The van der Waals surface area contributed by atoms with Gasteiger partial charge >= 0.3 is 0 Å². The average molecular weight is 167 g/mol. The number of ether oxygens (including phenoxy) is 1. The summed E-state index contributed by atoms with van der Waals surface area (Å²) in [6.45, 7) is 3.76. The largest absolute Gasteiger partial charge is 0.496 e. The van der Waals surface area contributed by atoms with Crippen molar-refractivity contribution in [3.05, 3.63) is 29.1 Å². The van der Waals surface area contributed by atoms with Crippen molar-refractivity contribution in [2.75, 3.05) is 7.11 Å². The Hall–Kier alpha value is -1.05. The van der Waals surface area contributed by atoms with Crippen LogP contribution in [0.15, 0.2) is 12.1 Å². The van der Waals surface area contributed by atoms with Crippen molar-refractivity contribution >= 4 is 0 Å². The fourth-order valence-corrected chi connectivity index (χ4v) is 1.19. The van der Waals surface area contributed by atoms with Crippen molar-refractivity contribution < 1.29 is 9.13 Å². The third-order valence-electron chi connectivity index (χ3n) is 1.94. The Morgan fingerprint density at radius 1 is 1.42 bits per heavy atom. The molecular weight excluding hydrogens is 154 g/mol. The molecule has 0 unspecified atom stereocenters. The molecule has 0 heterocycles. The first-order valence-corrected chi connectivity index (χ1v) is 4.02. The summed E-state index contributed by atoms with van der Waals surface area (Å²) in [5.41, 5.74) is 1.55. The average Bonchev–Trinajstić information content (AvgIpc) is 2.05. The van der Waals surface area contributed by atoms with Crippen LogP contribution in [0.25, 0.3) is 0 Å². The van der Waals surface area contributed by atoms with Crippen LogP contribution in [0.4, 0.5) is 4.39 Å². The summed E-state index contributed by atoms with van der Waals surface area (Å²) in [6, 6.07) is 3.27. The van der Waals surface area contributed by atoms with E-state index in [4.69, 9.17) is 4.74 Å². The zero-order valence-corrected chi connectivity index (χ0v) is 7.65. The Bertz CT molecular complexity index is 256. The number of halogens is 1. The predicted octanol–water partition coefficient (Wildman–Crippen LogP) is 2.71. The molecule has 1 rings (SSSR count). The highest BCUT2D eigenvalue weighted by molar-refractivity contribution is 5.37. The van der Waals surface area contributed by atoms with Gasteiger partial charge < -0.3 is 4.74 Å². The van der Waals surface area contributed by atoms with Gasteiger partial charge in [-0.2, -0.15) is 0 Å². The molecular formula is C10H13FO. The standard InChI is InChI=1S/C10H13FO/c1-4-8-6-10(12-3)7(2)5-9(8)11/h5-6H,4H2,1-3H3/i11-1. The predicted molar refractivity (Wildman–Crippen MR) is 47.1 cm³/mol. The molecule has 0 aliphatic carbocycles. The Balaban J connectivity index is 3.18. The van der Waals surface area contributed by atoms with E-state index in [1.807, 2.05) is 13.8 Å². The molecule has 0 atom stereocenters. The van der Waals surface area contributed by atoms with E-state index in [-0.39, 0.29) is 5.82 Å². The first kappa shape index (κ1) is 9.04. The van der Waals surface area contributed by atoms with Gasteiger partial charge in [0.25, 0.3) is 0 Å². The van der Waals surface area contributed by atoms with Crippen LogP contribution in [-0.4, -0.2) is 7.11 Å². The summed E-state index contributed by atoms with van der Waals surface area (Å²) in [6.07, 6.45) is 0.697. The Morgan fingerprint density at radius 3 is 2.58 bits per heavy atom. The van der Waals surface area contributed by atoms with E-state index in [2.05, 4.69) is 0 Å². The molecule has 1 nitrogen and oxygen atoms in total. The molecule has 12 heavy (non-hydrogen) atoms. The normalized spacial score (nSPS) is 10.0. The van der Waals surface area contributed by atoms with Gasteiger partial charge in [-0.05, 0) is 36.6 Å². The minimum absolute atomic E-state index is 0.143. The second kappa shape index (κ2) is 3.57. The van der Waals surface area contributed by atoms with Gasteiger partial charge in [0.15, 0.2) is 0 Å². The van der Waals surface area contributed by atoms with E-state index >= 15 is 0 Å². The van der Waals surface area contributed by atoms with Crippen molar-refractivity contribution in [3.63, 3.8) is 0 Å². The van der Waals surface area contributed by atoms with Gasteiger partial charge in [0.2, 0.25) is 0 Å². The van der Waals surface area contributed by atoms with Gasteiger partial charge in [-0.25, -0.2) is 4.39 Å². The molecule has 1 aromatic rings. The Kier molecular flexibility index (Phi) is 2.69. The lowest BCUT2D eigenvalue weighted by Crippen LogP contribution is -1.93. The van der Waals surface area contributed by atoms with Gasteiger partial charge in [0.1, 0.15) is 11.6 Å². The van der Waals surface area contributed by atoms with Crippen molar-refractivity contribution in [2.45, 2.75) is 20.3 Å². The van der Waals surface area contributed by atoms with E-state index in [0.717, 1.165) is 11.3 Å². The van der Waals surface area contributed by atoms with Crippen LogP contribution >= 0.6 is 0 Å². The molecule has 0 aliphatic heterocycles. The minimum Gasteiger partial charge on any atom is -0.496 e. The maximum Gasteiger partial charge on any atom is 0.126 e. The second-order valence-electron chi connectivity index (χ2n) is 2.77. The third-order valence-corrected chi connectivity index (χ3v) is 1.94. The molecule has 0 spiro atoms. The molecule has 0 fully saturated rings. The molecule has 2 heteroatoms. The number of hydrogen-bond acceptors (Lipinski definition) is 1. The zero-order chi connectivity index (χ0) is 9.14. The van der Waals surface area contributed by atoms with Crippen LogP contribution in [0, 0.1) is 12.7 Å². The SMILES string of the molecule is CCc1cc(OC)c(C)cc1[18F]. The fourth-order valence-electron chi connectivity index (χ4n) is 1.19. The van der Waals surface area contributed by atoms with E-state index in [9.17, 15) is 4.39 Å². The number of benzene rings is 1. The molecule has 0 amide bonds. The summed E-state index contributed by atoms with van der Waals surface area (Å²) >= 11 is 0. The highest BCUT2D eigenvalue weighted by Gasteiger charge is 2.05. The van der Waals surface area contributed by atoms with Crippen LogP contribution in [0.5, 0.6) is 5.75 Å². The monoisotopic (exact) mass is 167 g/mol. The molecule has 0 radical (unpaired) electrons. The first-order chi connectivity index (χ1) is 5.69. The molecule has 0 aromatic heterocycles. The Labute approximate surface area is 72.2 Å². The summed E-state index contributed by atoms with van der Waals surface area (Å²) in [5, 5.41) is 0. The van der Waals surface area contributed by atoms with Crippen molar-refractivity contribution in [3.8, 4) is 5.75 Å². The summed E-state index contributed by atoms with van der Waals surface area (Å²) in [5.74, 6) is 0.615.